The van der Waals surface area contributed by atoms with Crippen molar-refractivity contribution in [3.05, 3.63) is 0 Å². The summed E-state index contributed by atoms with van der Waals surface area (Å²) in [6.07, 6.45) is 3.95. The summed E-state index contributed by atoms with van der Waals surface area (Å²) in [4.78, 5) is 12.5. The van der Waals surface area contributed by atoms with Crippen LogP contribution in [0.25, 0.3) is 0 Å². The lowest BCUT2D eigenvalue weighted by Crippen LogP contribution is -2.33. The Bertz CT molecular complexity index is 156. The average Bonchev–Trinajstić information content (AvgIpc) is 2.14. The van der Waals surface area contributed by atoms with E-state index in [0.717, 1.165) is 13.0 Å². The summed E-state index contributed by atoms with van der Waals surface area (Å²) in [5.74, 6) is 0. The zero-order chi connectivity index (χ0) is 9.52. The highest BCUT2D eigenvalue weighted by Gasteiger charge is 2.08. The lowest BCUT2D eigenvalue weighted by atomic mass is 10.1. The van der Waals surface area contributed by atoms with Crippen molar-refractivity contribution in [2.75, 3.05) is 26.2 Å². The molecule has 1 amide bonds. The van der Waals surface area contributed by atoms with E-state index in [4.69, 9.17) is 5.11 Å². The van der Waals surface area contributed by atoms with Gasteiger partial charge in [-0.2, -0.15) is 0 Å². The molecule has 1 saturated heterocycles. The van der Waals surface area contributed by atoms with Crippen LogP contribution in [0.4, 0.5) is 4.79 Å². The molecule has 4 heteroatoms. The summed E-state index contributed by atoms with van der Waals surface area (Å²) < 4.78 is 0. The molecule has 0 aromatic heterocycles. The monoisotopic (exact) mass is 186 g/mol. The summed E-state index contributed by atoms with van der Waals surface area (Å²) >= 11 is 0. The molecule has 1 heterocycles. The molecule has 1 fully saturated rings. The van der Waals surface area contributed by atoms with E-state index in [1.165, 1.54) is 32.4 Å². The minimum atomic E-state index is -0.918. The van der Waals surface area contributed by atoms with Crippen molar-refractivity contribution in [1.82, 2.24) is 10.2 Å². The molecule has 0 aromatic carbocycles. The van der Waals surface area contributed by atoms with Gasteiger partial charge in [0.05, 0.1) is 0 Å². The Labute approximate surface area is 78.9 Å². The lowest BCUT2D eigenvalue weighted by molar-refractivity contribution is 0.191. The van der Waals surface area contributed by atoms with E-state index in [9.17, 15) is 4.79 Å². The fourth-order valence-corrected chi connectivity index (χ4v) is 1.68. The molecule has 1 aliphatic rings. The summed E-state index contributed by atoms with van der Waals surface area (Å²) in [6, 6.07) is 0. The van der Waals surface area contributed by atoms with Crippen LogP contribution in [0.3, 0.4) is 0 Å². The molecule has 4 nitrogen and oxygen atoms in total. The number of hydrogen-bond acceptors (Lipinski definition) is 2. The van der Waals surface area contributed by atoms with Crippen LogP contribution in [0.15, 0.2) is 0 Å². The fraction of sp³-hybridized carbons (Fsp3) is 0.889. The number of nitrogens with one attached hydrogen (secondary N) is 1. The van der Waals surface area contributed by atoms with E-state index in [1.54, 1.807) is 0 Å². The van der Waals surface area contributed by atoms with E-state index in [0.29, 0.717) is 6.54 Å². The molecular weight excluding hydrogens is 168 g/mol. The second-order valence-corrected chi connectivity index (χ2v) is 3.49. The van der Waals surface area contributed by atoms with Crippen molar-refractivity contribution in [3.63, 3.8) is 0 Å². The Morgan fingerprint density at radius 3 is 2.62 bits per heavy atom. The molecule has 13 heavy (non-hydrogen) atoms. The van der Waals surface area contributed by atoms with Crippen molar-refractivity contribution >= 4 is 6.09 Å². The molecule has 0 aliphatic carbocycles. The third-order valence-electron chi connectivity index (χ3n) is 2.38. The summed E-state index contributed by atoms with van der Waals surface area (Å²) in [5.41, 5.74) is 0. The van der Waals surface area contributed by atoms with Crippen LogP contribution in [0.2, 0.25) is 0 Å². The molecule has 0 atom stereocenters. The molecule has 0 bridgehead atoms. The largest absolute Gasteiger partial charge is 0.465 e. The SMILES string of the molecule is O=C(O)NCCCN1CCCCC1. The van der Waals surface area contributed by atoms with Gasteiger partial charge in [0.25, 0.3) is 0 Å². The molecule has 0 unspecified atom stereocenters. The zero-order valence-corrected chi connectivity index (χ0v) is 7.96. The van der Waals surface area contributed by atoms with Gasteiger partial charge in [-0.15, -0.1) is 0 Å². The second-order valence-electron chi connectivity index (χ2n) is 3.49. The number of hydrogen-bond donors (Lipinski definition) is 2. The summed E-state index contributed by atoms with van der Waals surface area (Å²) in [5, 5.41) is 10.7. The van der Waals surface area contributed by atoms with Gasteiger partial charge in [0, 0.05) is 6.54 Å². The van der Waals surface area contributed by atoms with Gasteiger partial charge in [0.2, 0.25) is 0 Å². The first-order valence-electron chi connectivity index (χ1n) is 4.98. The predicted octanol–water partition coefficient (Wildman–Crippen LogP) is 1.13. The number of rotatable bonds is 4. The maximum atomic E-state index is 10.1. The van der Waals surface area contributed by atoms with Crippen LogP contribution >= 0.6 is 0 Å². The van der Waals surface area contributed by atoms with Gasteiger partial charge in [0.1, 0.15) is 0 Å². The number of nitrogens with zero attached hydrogens (tertiary/aromatic N) is 1. The molecule has 76 valence electrons. The van der Waals surface area contributed by atoms with Crippen LogP contribution in [0.5, 0.6) is 0 Å². The van der Waals surface area contributed by atoms with Gasteiger partial charge in [-0.3, -0.25) is 0 Å². The molecular formula is C9H18N2O2. The Hall–Kier alpha value is -0.770. The maximum Gasteiger partial charge on any atom is 0.404 e. The first-order valence-corrected chi connectivity index (χ1v) is 4.98. The molecule has 2 N–H and O–H groups in total. The van der Waals surface area contributed by atoms with Crippen molar-refractivity contribution < 1.29 is 9.90 Å². The Balaban J connectivity index is 1.95. The van der Waals surface area contributed by atoms with Crippen molar-refractivity contribution in [2.45, 2.75) is 25.7 Å². The van der Waals surface area contributed by atoms with Crippen molar-refractivity contribution in [1.29, 1.82) is 0 Å². The van der Waals surface area contributed by atoms with Crippen LogP contribution in [-0.2, 0) is 0 Å². The first-order chi connectivity index (χ1) is 6.29. The molecule has 0 radical (unpaired) electrons. The standard InChI is InChI=1S/C9H18N2O2/c12-9(13)10-5-4-8-11-6-2-1-3-7-11/h10H,1-8H2,(H,12,13). The highest BCUT2D eigenvalue weighted by molar-refractivity contribution is 5.64. The van der Waals surface area contributed by atoms with Gasteiger partial charge in [0.15, 0.2) is 0 Å². The summed E-state index contributed by atoms with van der Waals surface area (Å²) in [6.45, 7) is 3.98. The van der Waals surface area contributed by atoms with Gasteiger partial charge < -0.3 is 15.3 Å². The normalized spacial score (nSPS) is 18.5. The zero-order valence-electron chi connectivity index (χ0n) is 7.96. The van der Waals surface area contributed by atoms with Crippen LogP contribution in [0.1, 0.15) is 25.7 Å². The molecule has 0 saturated carbocycles. The van der Waals surface area contributed by atoms with Crippen LogP contribution < -0.4 is 5.32 Å². The van der Waals surface area contributed by atoms with E-state index in [2.05, 4.69) is 10.2 Å². The minimum Gasteiger partial charge on any atom is -0.465 e. The topological polar surface area (TPSA) is 52.6 Å². The summed E-state index contributed by atoms with van der Waals surface area (Å²) in [7, 11) is 0. The number of carboxylic acid groups (broad SMARTS) is 1. The maximum absolute atomic E-state index is 10.1. The smallest absolute Gasteiger partial charge is 0.404 e. The highest BCUT2D eigenvalue weighted by atomic mass is 16.4. The number of carbonyl (C=O) groups is 1. The fourth-order valence-electron chi connectivity index (χ4n) is 1.68. The van der Waals surface area contributed by atoms with E-state index in [-0.39, 0.29) is 0 Å². The van der Waals surface area contributed by atoms with E-state index in [1.807, 2.05) is 0 Å². The van der Waals surface area contributed by atoms with Gasteiger partial charge in [-0.1, -0.05) is 6.42 Å². The van der Waals surface area contributed by atoms with E-state index < -0.39 is 6.09 Å². The quantitative estimate of drug-likeness (QED) is 0.647. The lowest BCUT2D eigenvalue weighted by Gasteiger charge is -2.26. The van der Waals surface area contributed by atoms with Crippen molar-refractivity contribution in [2.24, 2.45) is 0 Å². The predicted molar refractivity (Wildman–Crippen MR) is 50.9 cm³/mol. The van der Waals surface area contributed by atoms with Crippen molar-refractivity contribution in [3.8, 4) is 0 Å². The molecule has 1 rings (SSSR count). The molecule has 0 aromatic rings. The average molecular weight is 186 g/mol. The third kappa shape index (κ3) is 4.72. The number of piperidine rings is 1. The Morgan fingerprint density at radius 1 is 1.31 bits per heavy atom. The van der Waals surface area contributed by atoms with Gasteiger partial charge >= 0.3 is 6.09 Å². The molecule has 1 aliphatic heterocycles. The van der Waals surface area contributed by atoms with Crippen LogP contribution in [-0.4, -0.2) is 42.3 Å². The first kappa shape index (κ1) is 10.3. The molecule has 0 spiro atoms. The van der Waals surface area contributed by atoms with Gasteiger partial charge in [-0.05, 0) is 38.9 Å². The van der Waals surface area contributed by atoms with E-state index >= 15 is 0 Å². The third-order valence-corrected chi connectivity index (χ3v) is 2.38. The second kappa shape index (κ2) is 5.80. The number of likely N-dealkylation sites (tertiary alicyclic amines) is 1. The Kier molecular flexibility index (Phi) is 4.60. The van der Waals surface area contributed by atoms with Crippen LogP contribution in [0, 0.1) is 0 Å². The Morgan fingerprint density at radius 2 is 2.00 bits per heavy atom. The van der Waals surface area contributed by atoms with Gasteiger partial charge in [-0.25, -0.2) is 4.79 Å². The highest BCUT2D eigenvalue weighted by Crippen LogP contribution is 2.08. The minimum absolute atomic E-state index is 0.575. The number of amides is 1.